The first-order valence-corrected chi connectivity index (χ1v) is 27.2. The molecule has 0 aromatic carbocycles. The van der Waals surface area contributed by atoms with Gasteiger partial charge in [0.15, 0.2) is 0 Å². The summed E-state index contributed by atoms with van der Waals surface area (Å²) in [4.78, 5) is 12.5. The summed E-state index contributed by atoms with van der Waals surface area (Å²) in [6.07, 6.45) is 63.8. The van der Waals surface area contributed by atoms with E-state index in [9.17, 15) is 15.0 Å². The molecule has 0 aromatic heterocycles. The standard InChI is InChI=1S/C54H109NO3/c1-3-5-7-9-11-13-15-17-19-20-21-22-23-24-25-26-27-28-29-30-31-32-33-34-35-36-38-40-42-44-46-48-50-54(58)55-52(51-56)53(57)49-47-45-43-41-39-37-18-16-14-12-10-8-6-4-2/h52-53,56-57H,3-51H2,1-2H3,(H,55,58)/t52-,53+/m0/s1. The quantitative estimate of drug-likeness (QED) is 0.0536. The predicted octanol–water partition coefficient (Wildman–Crippen LogP) is 17.6. The first-order chi connectivity index (χ1) is 28.7. The van der Waals surface area contributed by atoms with E-state index >= 15 is 0 Å². The average Bonchev–Trinajstić information content (AvgIpc) is 3.23. The zero-order valence-electron chi connectivity index (χ0n) is 40.1. The Bertz CT molecular complexity index is 759. The van der Waals surface area contributed by atoms with Crippen molar-refractivity contribution in [2.45, 2.75) is 334 Å². The van der Waals surface area contributed by atoms with E-state index in [1.807, 2.05) is 0 Å². The van der Waals surface area contributed by atoms with Crippen molar-refractivity contribution in [2.75, 3.05) is 6.61 Å². The fourth-order valence-electron chi connectivity index (χ4n) is 8.95. The summed E-state index contributed by atoms with van der Waals surface area (Å²) >= 11 is 0. The molecule has 0 aliphatic rings. The highest BCUT2D eigenvalue weighted by Gasteiger charge is 2.20. The first-order valence-electron chi connectivity index (χ1n) is 27.2. The van der Waals surface area contributed by atoms with E-state index in [1.165, 1.54) is 270 Å². The third-order valence-electron chi connectivity index (χ3n) is 13.1. The van der Waals surface area contributed by atoms with Gasteiger partial charge in [0.1, 0.15) is 0 Å². The van der Waals surface area contributed by atoms with E-state index in [-0.39, 0.29) is 12.5 Å². The maximum Gasteiger partial charge on any atom is 0.220 e. The Morgan fingerprint density at radius 3 is 0.776 bits per heavy atom. The summed E-state index contributed by atoms with van der Waals surface area (Å²) in [6.45, 7) is 4.39. The number of rotatable bonds is 51. The molecule has 3 N–H and O–H groups in total. The van der Waals surface area contributed by atoms with Gasteiger partial charge in [-0.3, -0.25) is 4.79 Å². The van der Waals surface area contributed by atoms with Gasteiger partial charge in [0, 0.05) is 6.42 Å². The van der Waals surface area contributed by atoms with Crippen LogP contribution in [0.1, 0.15) is 322 Å². The molecule has 0 radical (unpaired) electrons. The van der Waals surface area contributed by atoms with E-state index in [4.69, 9.17) is 0 Å². The SMILES string of the molecule is CCCCCCCCCCCCCCCCCCCCCCCCCCCCCCCCCCC(=O)N[C@@H](CO)[C@H](O)CCCCCCCCCCCCCCCC. The van der Waals surface area contributed by atoms with Crippen LogP contribution in [0.5, 0.6) is 0 Å². The van der Waals surface area contributed by atoms with Crippen LogP contribution in [0.15, 0.2) is 0 Å². The van der Waals surface area contributed by atoms with Gasteiger partial charge >= 0.3 is 0 Å². The third-order valence-corrected chi connectivity index (χ3v) is 13.1. The zero-order chi connectivity index (χ0) is 42.1. The lowest BCUT2D eigenvalue weighted by Gasteiger charge is -2.22. The number of unbranched alkanes of at least 4 members (excludes halogenated alkanes) is 44. The Labute approximate surface area is 365 Å². The van der Waals surface area contributed by atoms with Gasteiger partial charge in [0.05, 0.1) is 18.8 Å². The lowest BCUT2D eigenvalue weighted by Crippen LogP contribution is -2.45. The second kappa shape index (κ2) is 50.7. The molecule has 0 unspecified atom stereocenters. The Hall–Kier alpha value is -0.610. The Morgan fingerprint density at radius 1 is 0.345 bits per heavy atom. The highest BCUT2D eigenvalue weighted by atomic mass is 16.3. The van der Waals surface area contributed by atoms with E-state index < -0.39 is 12.1 Å². The van der Waals surface area contributed by atoms with Crippen LogP contribution >= 0.6 is 0 Å². The molecule has 58 heavy (non-hydrogen) atoms. The van der Waals surface area contributed by atoms with Gasteiger partial charge in [-0.2, -0.15) is 0 Å². The van der Waals surface area contributed by atoms with E-state index in [2.05, 4.69) is 19.2 Å². The highest BCUT2D eigenvalue weighted by Crippen LogP contribution is 2.18. The predicted molar refractivity (Wildman–Crippen MR) is 258 cm³/mol. The Kier molecular flexibility index (Phi) is 50.2. The molecule has 0 saturated carbocycles. The smallest absolute Gasteiger partial charge is 0.220 e. The van der Waals surface area contributed by atoms with Crippen molar-refractivity contribution in [2.24, 2.45) is 0 Å². The molecular formula is C54H109NO3. The van der Waals surface area contributed by atoms with Crippen LogP contribution in [-0.4, -0.2) is 34.9 Å². The molecule has 1 amide bonds. The van der Waals surface area contributed by atoms with Gasteiger partial charge in [0.25, 0.3) is 0 Å². The molecule has 0 rings (SSSR count). The third kappa shape index (κ3) is 46.5. The fourth-order valence-corrected chi connectivity index (χ4v) is 8.95. The molecule has 0 aliphatic heterocycles. The van der Waals surface area contributed by atoms with Gasteiger partial charge in [-0.1, -0.05) is 303 Å². The van der Waals surface area contributed by atoms with Crippen LogP contribution in [-0.2, 0) is 4.79 Å². The van der Waals surface area contributed by atoms with Gasteiger partial charge < -0.3 is 15.5 Å². The molecule has 2 atom stereocenters. The number of hydrogen-bond donors (Lipinski definition) is 3. The average molecular weight is 820 g/mol. The topological polar surface area (TPSA) is 69.6 Å². The number of hydrogen-bond acceptors (Lipinski definition) is 3. The molecular weight excluding hydrogens is 711 g/mol. The normalized spacial score (nSPS) is 12.7. The van der Waals surface area contributed by atoms with Crippen molar-refractivity contribution in [3.05, 3.63) is 0 Å². The second-order valence-electron chi connectivity index (χ2n) is 19.0. The van der Waals surface area contributed by atoms with Crippen molar-refractivity contribution in [1.82, 2.24) is 5.32 Å². The second-order valence-corrected chi connectivity index (χ2v) is 19.0. The number of amides is 1. The molecule has 0 aromatic rings. The zero-order valence-corrected chi connectivity index (χ0v) is 40.1. The molecule has 0 heterocycles. The summed E-state index contributed by atoms with van der Waals surface area (Å²) in [7, 11) is 0. The minimum Gasteiger partial charge on any atom is -0.394 e. The van der Waals surface area contributed by atoms with Crippen LogP contribution in [0, 0.1) is 0 Å². The summed E-state index contributed by atoms with van der Waals surface area (Å²) in [5.74, 6) is -0.0235. The summed E-state index contributed by atoms with van der Waals surface area (Å²) in [5.41, 5.74) is 0. The molecule has 0 saturated heterocycles. The fraction of sp³-hybridized carbons (Fsp3) is 0.981. The maximum absolute atomic E-state index is 12.5. The number of nitrogens with one attached hydrogen (secondary N) is 1. The molecule has 0 bridgehead atoms. The lowest BCUT2D eigenvalue weighted by molar-refractivity contribution is -0.123. The molecule has 0 spiro atoms. The summed E-state index contributed by atoms with van der Waals surface area (Å²) < 4.78 is 0. The van der Waals surface area contributed by atoms with E-state index in [1.54, 1.807) is 0 Å². The maximum atomic E-state index is 12.5. The van der Waals surface area contributed by atoms with Crippen LogP contribution in [0.2, 0.25) is 0 Å². The van der Waals surface area contributed by atoms with E-state index in [0.29, 0.717) is 12.8 Å². The summed E-state index contributed by atoms with van der Waals surface area (Å²) in [5, 5.41) is 23.2. The minimum absolute atomic E-state index is 0.0235. The van der Waals surface area contributed by atoms with Gasteiger partial charge in [-0.05, 0) is 12.8 Å². The molecule has 0 aliphatic carbocycles. The molecule has 4 nitrogen and oxygen atoms in total. The lowest BCUT2D eigenvalue weighted by atomic mass is 10.0. The Balaban J connectivity index is 3.35. The van der Waals surface area contributed by atoms with Crippen molar-refractivity contribution in [1.29, 1.82) is 0 Å². The largest absolute Gasteiger partial charge is 0.394 e. The highest BCUT2D eigenvalue weighted by molar-refractivity contribution is 5.76. The van der Waals surface area contributed by atoms with Crippen LogP contribution in [0.25, 0.3) is 0 Å². The van der Waals surface area contributed by atoms with Crippen LogP contribution < -0.4 is 5.32 Å². The Morgan fingerprint density at radius 2 is 0.552 bits per heavy atom. The van der Waals surface area contributed by atoms with Crippen molar-refractivity contribution < 1.29 is 15.0 Å². The van der Waals surface area contributed by atoms with Crippen LogP contribution in [0.4, 0.5) is 0 Å². The molecule has 0 fully saturated rings. The molecule has 348 valence electrons. The minimum atomic E-state index is -0.653. The number of aliphatic hydroxyl groups is 2. The monoisotopic (exact) mass is 820 g/mol. The van der Waals surface area contributed by atoms with Crippen LogP contribution in [0.3, 0.4) is 0 Å². The number of carbonyl (C=O) groups excluding carboxylic acids is 1. The van der Waals surface area contributed by atoms with Crippen molar-refractivity contribution in [3.8, 4) is 0 Å². The van der Waals surface area contributed by atoms with Crippen molar-refractivity contribution >= 4 is 5.91 Å². The summed E-state index contributed by atoms with van der Waals surface area (Å²) in [6, 6.07) is -0.530. The van der Waals surface area contributed by atoms with E-state index in [0.717, 1.165) is 25.7 Å². The van der Waals surface area contributed by atoms with Gasteiger partial charge in [0.2, 0.25) is 5.91 Å². The van der Waals surface area contributed by atoms with Crippen molar-refractivity contribution in [3.63, 3.8) is 0 Å². The first kappa shape index (κ1) is 57.4. The molecule has 4 heteroatoms. The van der Waals surface area contributed by atoms with Gasteiger partial charge in [-0.25, -0.2) is 0 Å². The number of aliphatic hydroxyl groups excluding tert-OH is 2. The van der Waals surface area contributed by atoms with Gasteiger partial charge in [-0.15, -0.1) is 0 Å². The number of carbonyl (C=O) groups is 1.